The highest BCUT2D eigenvalue weighted by Gasteiger charge is 2.46. The fraction of sp³-hybridized carbons (Fsp3) is 0.571. The fourth-order valence-electron chi connectivity index (χ4n) is 2.64. The Morgan fingerprint density at radius 2 is 1.78 bits per heavy atom. The van der Waals surface area contributed by atoms with E-state index in [-0.39, 0.29) is 28.7 Å². The maximum Gasteiger partial charge on any atom is 0.408 e. The molecule has 0 aromatic heterocycles. The van der Waals surface area contributed by atoms with Gasteiger partial charge in [-0.1, -0.05) is 17.7 Å². The molecule has 1 heterocycles. The molecular formula is C14H19Cl2F3N2O2. The van der Waals surface area contributed by atoms with Crippen LogP contribution in [-0.4, -0.2) is 51.5 Å². The van der Waals surface area contributed by atoms with Crippen molar-refractivity contribution in [3.8, 4) is 11.5 Å². The van der Waals surface area contributed by atoms with Gasteiger partial charge in [0.05, 0.1) is 19.2 Å². The summed E-state index contributed by atoms with van der Waals surface area (Å²) < 4.78 is 51.0. The SMILES string of the molecule is COc1ccc([C@H](N2CCNCC2)C(F)(F)F)c(Cl)c1OC.Cl. The van der Waals surface area contributed by atoms with Gasteiger partial charge in [0, 0.05) is 31.7 Å². The van der Waals surface area contributed by atoms with Gasteiger partial charge in [0.2, 0.25) is 0 Å². The molecule has 0 radical (unpaired) electrons. The Balaban J connectivity index is 0.00000264. The summed E-state index contributed by atoms with van der Waals surface area (Å²) in [7, 11) is 2.76. The van der Waals surface area contributed by atoms with Crippen LogP contribution in [0.5, 0.6) is 11.5 Å². The molecule has 132 valence electrons. The predicted molar refractivity (Wildman–Crippen MR) is 85.0 cm³/mol. The van der Waals surface area contributed by atoms with Crippen LogP contribution in [0.2, 0.25) is 5.02 Å². The first kappa shape index (κ1) is 20.2. The summed E-state index contributed by atoms with van der Waals surface area (Å²) >= 11 is 6.17. The first-order valence-electron chi connectivity index (χ1n) is 6.82. The fourth-order valence-corrected chi connectivity index (χ4v) is 2.97. The zero-order valence-electron chi connectivity index (χ0n) is 12.7. The molecule has 0 aliphatic carbocycles. The van der Waals surface area contributed by atoms with Gasteiger partial charge < -0.3 is 14.8 Å². The molecule has 1 atom stereocenters. The minimum Gasteiger partial charge on any atom is -0.493 e. The van der Waals surface area contributed by atoms with E-state index in [1.165, 1.54) is 31.3 Å². The van der Waals surface area contributed by atoms with E-state index in [4.69, 9.17) is 21.1 Å². The Hall–Kier alpha value is -0.890. The lowest BCUT2D eigenvalue weighted by Gasteiger charge is -2.36. The van der Waals surface area contributed by atoms with E-state index in [2.05, 4.69) is 5.32 Å². The molecule has 4 nitrogen and oxygen atoms in total. The average molecular weight is 375 g/mol. The highest BCUT2D eigenvalue weighted by molar-refractivity contribution is 6.33. The lowest BCUT2D eigenvalue weighted by atomic mass is 10.0. The van der Waals surface area contributed by atoms with Crippen LogP contribution in [0.15, 0.2) is 12.1 Å². The van der Waals surface area contributed by atoms with Gasteiger partial charge in [0.1, 0.15) is 6.04 Å². The van der Waals surface area contributed by atoms with Crippen molar-refractivity contribution < 1.29 is 22.6 Å². The van der Waals surface area contributed by atoms with Gasteiger partial charge in [-0.05, 0) is 6.07 Å². The number of hydrogen-bond donors (Lipinski definition) is 1. The molecule has 0 unspecified atom stereocenters. The molecule has 1 aromatic rings. The second-order valence-corrected chi connectivity index (χ2v) is 5.31. The van der Waals surface area contributed by atoms with Crippen molar-refractivity contribution in [2.24, 2.45) is 0 Å². The first-order chi connectivity index (χ1) is 10.4. The van der Waals surface area contributed by atoms with E-state index in [9.17, 15) is 13.2 Å². The van der Waals surface area contributed by atoms with E-state index in [0.717, 1.165) is 0 Å². The van der Waals surface area contributed by atoms with E-state index < -0.39 is 12.2 Å². The Morgan fingerprint density at radius 3 is 2.26 bits per heavy atom. The maximum absolute atomic E-state index is 13.6. The largest absolute Gasteiger partial charge is 0.493 e. The third-order valence-electron chi connectivity index (χ3n) is 3.64. The van der Waals surface area contributed by atoms with Crippen LogP contribution < -0.4 is 14.8 Å². The highest BCUT2D eigenvalue weighted by Crippen LogP contribution is 2.46. The van der Waals surface area contributed by atoms with Crippen molar-refractivity contribution in [1.29, 1.82) is 0 Å². The van der Waals surface area contributed by atoms with Crippen molar-refractivity contribution >= 4 is 24.0 Å². The molecule has 2 rings (SSSR count). The number of benzene rings is 1. The summed E-state index contributed by atoms with van der Waals surface area (Å²) in [5.41, 5.74) is -0.0197. The summed E-state index contributed by atoms with van der Waals surface area (Å²) in [4.78, 5) is 1.38. The Morgan fingerprint density at radius 1 is 1.17 bits per heavy atom. The minimum atomic E-state index is -4.43. The molecule has 1 aliphatic rings. The van der Waals surface area contributed by atoms with Crippen molar-refractivity contribution in [1.82, 2.24) is 10.2 Å². The second-order valence-electron chi connectivity index (χ2n) is 4.93. The van der Waals surface area contributed by atoms with Crippen LogP contribution in [-0.2, 0) is 0 Å². The molecule has 0 amide bonds. The molecule has 0 spiro atoms. The minimum absolute atomic E-state index is 0. The van der Waals surface area contributed by atoms with Crippen molar-refractivity contribution in [2.75, 3.05) is 40.4 Å². The number of alkyl halides is 3. The standard InChI is InChI=1S/C14H18ClF3N2O2.ClH/c1-21-10-4-3-9(11(15)12(10)22-2)13(14(16,17)18)20-7-5-19-6-8-20;/h3-4,13,19H,5-8H2,1-2H3;1H/t13-;/m0./s1. The van der Waals surface area contributed by atoms with Crippen molar-refractivity contribution in [3.05, 3.63) is 22.7 Å². The monoisotopic (exact) mass is 374 g/mol. The number of piperazine rings is 1. The van der Waals surface area contributed by atoms with Crippen molar-refractivity contribution in [2.45, 2.75) is 12.2 Å². The predicted octanol–water partition coefficient (Wildman–Crippen LogP) is 3.29. The Kier molecular flexibility index (Phi) is 7.26. The maximum atomic E-state index is 13.6. The van der Waals surface area contributed by atoms with Gasteiger partial charge in [-0.2, -0.15) is 13.2 Å². The van der Waals surface area contributed by atoms with Crippen LogP contribution in [0.4, 0.5) is 13.2 Å². The number of nitrogens with zero attached hydrogens (tertiary/aromatic N) is 1. The number of nitrogens with one attached hydrogen (secondary N) is 1. The molecule has 0 saturated carbocycles. The molecule has 23 heavy (non-hydrogen) atoms. The molecule has 9 heteroatoms. The molecule has 1 saturated heterocycles. The zero-order chi connectivity index (χ0) is 16.3. The molecule has 1 aromatic carbocycles. The highest BCUT2D eigenvalue weighted by atomic mass is 35.5. The molecule has 1 aliphatic heterocycles. The normalized spacial score (nSPS) is 17.3. The van der Waals surface area contributed by atoms with Crippen LogP contribution >= 0.6 is 24.0 Å². The van der Waals surface area contributed by atoms with Gasteiger partial charge in [0.15, 0.2) is 11.5 Å². The molecule has 1 fully saturated rings. The van der Waals surface area contributed by atoms with Crippen LogP contribution in [0.3, 0.4) is 0 Å². The average Bonchev–Trinajstić information content (AvgIpc) is 2.48. The van der Waals surface area contributed by atoms with Crippen LogP contribution in [0.1, 0.15) is 11.6 Å². The first-order valence-corrected chi connectivity index (χ1v) is 7.19. The summed E-state index contributed by atoms with van der Waals surface area (Å²) in [6.45, 7) is 1.62. The van der Waals surface area contributed by atoms with Gasteiger partial charge in [-0.15, -0.1) is 12.4 Å². The van der Waals surface area contributed by atoms with E-state index >= 15 is 0 Å². The van der Waals surface area contributed by atoms with Gasteiger partial charge in [0.25, 0.3) is 0 Å². The van der Waals surface area contributed by atoms with Crippen LogP contribution in [0, 0.1) is 0 Å². The number of methoxy groups -OCH3 is 2. The number of ether oxygens (including phenoxy) is 2. The number of hydrogen-bond acceptors (Lipinski definition) is 4. The van der Waals surface area contributed by atoms with Crippen molar-refractivity contribution in [3.63, 3.8) is 0 Å². The van der Waals surface area contributed by atoms with E-state index in [1.807, 2.05) is 0 Å². The molecule has 0 bridgehead atoms. The lowest BCUT2D eigenvalue weighted by molar-refractivity contribution is -0.187. The summed E-state index contributed by atoms with van der Waals surface area (Å²) in [6, 6.07) is 1.03. The summed E-state index contributed by atoms with van der Waals surface area (Å²) in [6.07, 6.45) is -4.43. The third-order valence-corrected chi connectivity index (χ3v) is 4.03. The molecular weight excluding hydrogens is 356 g/mol. The van der Waals surface area contributed by atoms with Gasteiger partial charge in [-0.25, -0.2) is 0 Å². The quantitative estimate of drug-likeness (QED) is 0.876. The molecule has 1 N–H and O–H groups in total. The zero-order valence-corrected chi connectivity index (χ0v) is 14.3. The van der Waals surface area contributed by atoms with Gasteiger partial charge in [-0.3, -0.25) is 4.90 Å². The number of rotatable bonds is 4. The third kappa shape index (κ3) is 4.35. The smallest absolute Gasteiger partial charge is 0.408 e. The van der Waals surface area contributed by atoms with E-state index in [1.54, 1.807) is 0 Å². The Bertz CT molecular complexity index is 523. The van der Waals surface area contributed by atoms with E-state index in [0.29, 0.717) is 31.9 Å². The van der Waals surface area contributed by atoms with Gasteiger partial charge >= 0.3 is 6.18 Å². The Labute approximate surface area is 144 Å². The summed E-state index contributed by atoms with van der Waals surface area (Å²) in [5.74, 6) is 0.420. The number of halogens is 5. The lowest BCUT2D eigenvalue weighted by Crippen LogP contribution is -2.49. The second kappa shape index (κ2) is 8.28. The topological polar surface area (TPSA) is 33.7 Å². The van der Waals surface area contributed by atoms with Crippen LogP contribution in [0.25, 0.3) is 0 Å². The summed E-state index contributed by atoms with van der Waals surface area (Å²) in [5, 5.41) is 2.97.